The van der Waals surface area contributed by atoms with Gasteiger partial charge in [0, 0.05) is 20.2 Å². The van der Waals surface area contributed by atoms with Crippen LogP contribution in [-0.2, 0) is 4.74 Å². The van der Waals surface area contributed by atoms with Gasteiger partial charge in [-0.25, -0.2) is 4.79 Å². The Bertz CT molecular complexity index is 531. The van der Waals surface area contributed by atoms with Crippen molar-refractivity contribution < 1.29 is 27.4 Å². The smallest absolute Gasteiger partial charge is 0.404 e. The van der Waals surface area contributed by atoms with Crippen LogP contribution in [0.1, 0.15) is 19.3 Å². The number of anilines is 1. The third kappa shape index (κ3) is 5.63. The second-order valence-electron chi connectivity index (χ2n) is 5.34. The number of amides is 2. The van der Waals surface area contributed by atoms with Gasteiger partial charge in [-0.15, -0.1) is 13.2 Å². The Labute approximate surface area is 132 Å². The number of hydrogen-bond acceptors (Lipinski definition) is 3. The lowest BCUT2D eigenvalue weighted by Crippen LogP contribution is -2.39. The SMILES string of the molecule is CN(C[C@H]1CCCCO1)C(=O)Nc1ccccc1OC(F)(F)F. The summed E-state index contributed by atoms with van der Waals surface area (Å²) in [6, 6.07) is 4.90. The van der Waals surface area contributed by atoms with Gasteiger partial charge in [-0.3, -0.25) is 0 Å². The lowest BCUT2D eigenvalue weighted by Gasteiger charge is -2.27. The summed E-state index contributed by atoms with van der Waals surface area (Å²) in [7, 11) is 1.57. The predicted octanol–water partition coefficient (Wildman–Crippen LogP) is 3.62. The number of carbonyl (C=O) groups is 1. The van der Waals surface area contributed by atoms with Gasteiger partial charge >= 0.3 is 12.4 Å². The fraction of sp³-hybridized carbons (Fsp3) is 0.533. The minimum absolute atomic E-state index is 0.0359. The zero-order chi connectivity index (χ0) is 16.9. The van der Waals surface area contributed by atoms with Crippen LogP contribution in [0.5, 0.6) is 5.75 Å². The molecule has 0 unspecified atom stereocenters. The summed E-state index contributed by atoms with van der Waals surface area (Å²) in [5, 5.41) is 2.43. The number of nitrogens with zero attached hydrogens (tertiary/aromatic N) is 1. The molecule has 0 bridgehead atoms. The van der Waals surface area contributed by atoms with Crippen molar-refractivity contribution in [2.75, 3.05) is 25.5 Å². The lowest BCUT2D eigenvalue weighted by molar-refractivity contribution is -0.274. The number of carbonyl (C=O) groups excluding carboxylic acids is 1. The van der Waals surface area contributed by atoms with Crippen LogP contribution in [0.25, 0.3) is 0 Å². The van der Waals surface area contributed by atoms with Gasteiger partial charge in [-0.05, 0) is 31.4 Å². The van der Waals surface area contributed by atoms with Crippen molar-refractivity contribution in [1.82, 2.24) is 4.90 Å². The monoisotopic (exact) mass is 332 g/mol. The Morgan fingerprint density at radius 2 is 2.13 bits per heavy atom. The third-order valence-electron chi connectivity index (χ3n) is 3.45. The maximum Gasteiger partial charge on any atom is 0.573 e. The van der Waals surface area contributed by atoms with Crippen molar-refractivity contribution in [3.05, 3.63) is 24.3 Å². The molecule has 1 saturated heterocycles. The third-order valence-corrected chi connectivity index (χ3v) is 3.45. The first-order chi connectivity index (χ1) is 10.8. The Balaban J connectivity index is 1.96. The van der Waals surface area contributed by atoms with Crippen LogP contribution in [-0.4, -0.2) is 43.6 Å². The second-order valence-corrected chi connectivity index (χ2v) is 5.34. The van der Waals surface area contributed by atoms with Crippen molar-refractivity contribution in [2.45, 2.75) is 31.7 Å². The molecule has 0 radical (unpaired) electrons. The average Bonchev–Trinajstić information content (AvgIpc) is 2.48. The van der Waals surface area contributed by atoms with Crippen LogP contribution in [0.15, 0.2) is 24.3 Å². The molecule has 8 heteroatoms. The summed E-state index contributed by atoms with van der Waals surface area (Å²) in [5.41, 5.74) is -0.0359. The molecule has 1 fully saturated rings. The van der Waals surface area contributed by atoms with E-state index in [0.29, 0.717) is 13.2 Å². The molecule has 0 aliphatic carbocycles. The van der Waals surface area contributed by atoms with Gasteiger partial charge in [0.15, 0.2) is 5.75 Å². The first-order valence-electron chi connectivity index (χ1n) is 7.33. The summed E-state index contributed by atoms with van der Waals surface area (Å²) < 4.78 is 46.5. The number of halogens is 3. The maximum absolute atomic E-state index is 12.4. The summed E-state index contributed by atoms with van der Waals surface area (Å²) in [4.78, 5) is 13.5. The summed E-state index contributed by atoms with van der Waals surface area (Å²) >= 11 is 0. The maximum atomic E-state index is 12.4. The number of benzene rings is 1. The molecule has 23 heavy (non-hydrogen) atoms. The Kier molecular flexibility index (Phi) is 5.70. The molecule has 1 aliphatic heterocycles. The fourth-order valence-corrected chi connectivity index (χ4v) is 2.33. The van der Waals surface area contributed by atoms with E-state index in [4.69, 9.17) is 4.74 Å². The zero-order valence-corrected chi connectivity index (χ0v) is 12.7. The van der Waals surface area contributed by atoms with Crippen LogP contribution >= 0.6 is 0 Å². The molecule has 1 heterocycles. The van der Waals surface area contributed by atoms with E-state index in [-0.39, 0.29) is 11.8 Å². The number of alkyl halides is 3. The van der Waals surface area contributed by atoms with Crippen LogP contribution in [0.3, 0.4) is 0 Å². The molecule has 1 aromatic carbocycles. The van der Waals surface area contributed by atoms with Gasteiger partial charge in [0.25, 0.3) is 0 Å². The molecule has 5 nitrogen and oxygen atoms in total. The van der Waals surface area contributed by atoms with Gasteiger partial charge in [0.1, 0.15) is 0 Å². The number of para-hydroxylation sites is 2. The van der Waals surface area contributed by atoms with Crippen molar-refractivity contribution in [1.29, 1.82) is 0 Å². The number of urea groups is 1. The van der Waals surface area contributed by atoms with Crippen LogP contribution in [0.2, 0.25) is 0 Å². The van der Waals surface area contributed by atoms with Crippen LogP contribution in [0, 0.1) is 0 Å². The van der Waals surface area contributed by atoms with E-state index in [9.17, 15) is 18.0 Å². The van der Waals surface area contributed by atoms with E-state index in [1.54, 1.807) is 7.05 Å². The number of hydrogen-bond donors (Lipinski definition) is 1. The van der Waals surface area contributed by atoms with Gasteiger partial charge in [-0.1, -0.05) is 12.1 Å². The zero-order valence-electron chi connectivity index (χ0n) is 12.7. The highest BCUT2D eigenvalue weighted by molar-refractivity contribution is 5.90. The highest BCUT2D eigenvalue weighted by Crippen LogP contribution is 2.30. The summed E-state index contributed by atoms with van der Waals surface area (Å²) in [6.07, 6.45) is -1.94. The fourth-order valence-electron chi connectivity index (χ4n) is 2.33. The molecule has 0 aromatic heterocycles. The minimum Gasteiger partial charge on any atom is -0.404 e. The molecule has 0 spiro atoms. The normalized spacial score (nSPS) is 18.3. The van der Waals surface area contributed by atoms with Gasteiger partial charge in [0.05, 0.1) is 11.8 Å². The molecule has 2 amide bonds. The Morgan fingerprint density at radius 3 is 2.78 bits per heavy atom. The van der Waals surface area contributed by atoms with Crippen LogP contribution < -0.4 is 10.1 Å². The van der Waals surface area contributed by atoms with Gasteiger partial charge < -0.3 is 19.7 Å². The highest BCUT2D eigenvalue weighted by Gasteiger charge is 2.32. The molecule has 0 saturated carbocycles. The van der Waals surface area contributed by atoms with E-state index >= 15 is 0 Å². The van der Waals surface area contributed by atoms with Crippen molar-refractivity contribution in [3.63, 3.8) is 0 Å². The topological polar surface area (TPSA) is 50.8 Å². The molecule has 1 aliphatic rings. The standard InChI is InChI=1S/C15H19F3N2O3/c1-20(10-11-6-4-5-9-22-11)14(21)19-12-7-2-3-8-13(12)23-15(16,17)18/h2-3,7-8,11H,4-6,9-10H2,1H3,(H,19,21)/t11-/m1/s1. The number of rotatable bonds is 4. The van der Waals surface area contributed by atoms with Crippen molar-refractivity contribution >= 4 is 11.7 Å². The van der Waals surface area contributed by atoms with Crippen molar-refractivity contribution in [3.8, 4) is 5.75 Å². The molecular weight excluding hydrogens is 313 g/mol. The average molecular weight is 332 g/mol. The summed E-state index contributed by atoms with van der Waals surface area (Å²) in [5.74, 6) is -0.448. The van der Waals surface area contributed by atoms with Crippen molar-refractivity contribution in [2.24, 2.45) is 0 Å². The predicted molar refractivity (Wildman–Crippen MR) is 78.4 cm³/mol. The number of ether oxygens (including phenoxy) is 2. The highest BCUT2D eigenvalue weighted by atomic mass is 19.4. The Hall–Kier alpha value is -1.96. The molecule has 1 N–H and O–H groups in total. The molecule has 2 rings (SSSR count). The molecule has 1 aromatic rings. The largest absolute Gasteiger partial charge is 0.573 e. The first kappa shape index (κ1) is 17.4. The Morgan fingerprint density at radius 1 is 1.39 bits per heavy atom. The molecule has 128 valence electrons. The second kappa shape index (κ2) is 7.54. The van der Waals surface area contributed by atoms with Gasteiger partial charge in [-0.2, -0.15) is 0 Å². The molecule has 1 atom stereocenters. The van der Waals surface area contributed by atoms with Crippen LogP contribution in [0.4, 0.5) is 23.7 Å². The van der Waals surface area contributed by atoms with E-state index in [0.717, 1.165) is 25.3 Å². The summed E-state index contributed by atoms with van der Waals surface area (Å²) in [6.45, 7) is 1.05. The number of likely N-dealkylation sites (N-methyl/N-ethyl adjacent to an activating group) is 1. The van der Waals surface area contributed by atoms with E-state index in [1.165, 1.54) is 23.1 Å². The van der Waals surface area contributed by atoms with Gasteiger partial charge in [0.2, 0.25) is 0 Å². The van der Waals surface area contributed by atoms with E-state index in [2.05, 4.69) is 10.1 Å². The lowest BCUT2D eigenvalue weighted by atomic mass is 10.1. The number of nitrogens with one attached hydrogen (secondary N) is 1. The minimum atomic E-state index is -4.82. The van der Waals surface area contributed by atoms with E-state index in [1.807, 2.05) is 0 Å². The molecular formula is C15H19F3N2O3. The van der Waals surface area contributed by atoms with E-state index < -0.39 is 18.1 Å². The quantitative estimate of drug-likeness (QED) is 0.916. The first-order valence-corrected chi connectivity index (χ1v) is 7.33.